The molecule has 7 nitrogen and oxygen atoms in total. The van der Waals surface area contributed by atoms with Crippen LogP contribution in [0.15, 0.2) is 36.4 Å². The van der Waals surface area contributed by atoms with E-state index in [0.29, 0.717) is 21.3 Å². The molecule has 2 amide bonds. The summed E-state index contributed by atoms with van der Waals surface area (Å²) in [6.07, 6.45) is 6.70. The van der Waals surface area contributed by atoms with E-state index in [2.05, 4.69) is 5.32 Å². The molecule has 2 aromatic rings. The smallest absolute Gasteiger partial charge is 0.242 e. The van der Waals surface area contributed by atoms with Crippen molar-refractivity contribution in [3.63, 3.8) is 0 Å². The van der Waals surface area contributed by atoms with Gasteiger partial charge < -0.3 is 10.2 Å². The van der Waals surface area contributed by atoms with E-state index in [1.165, 1.54) is 21.9 Å². The first-order valence-electron chi connectivity index (χ1n) is 13.5. The lowest BCUT2D eigenvalue weighted by Gasteiger charge is -2.32. The molecule has 0 aromatic heterocycles. The number of hydrogen-bond acceptors (Lipinski definition) is 4. The Morgan fingerprint density at radius 3 is 2.31 bits per heavy atom. The zero-order valence-electron chi connectivity index (χ0n) is 23.2. The van der Waals surface area contributed by atoms with Gasteiger partial charge in [0.1, 0.15) is 6.04 Å². The summed E-state index contributed by atoms with van der Waals surface area (Å²) >= 11 is 12.8. The second-order valence-electron chi connectivity index (χ2n) is 10.5. The number of carbonyl (C=O) groups is 2. The quantitative estimate of drug-likeness (QED) is 0.344. The zero-order valence-corrected chi connectivity index (χ0v) is 25.5. The van der Waals surface area contributed by atoms with Crippen LogP contribution in [0, 0.1) is 13.8 Å². The van der Waals surface area contributed by atoms with Gasteiger partial charge in [0.25, 0.3) is 0 Å². The molecule has 0 radical (unpaired) electrons. The number of hydrogen-bond donors (Lipinski definition) is 1. The summed E-state index contributed by atoms with van der Waals surface area (Å²) in [4.78, 5) is 28.3. The maximum atomic E-state index is 13.6. The average molecular weight is 597 g/mol. The van der Waals surface area contributed by atoms with Crippen LogP contribution in [-0.2, 0) is 26.2 Å². The topological polar surface area (TPSA) is 86.8 Å². The minimum Gasteiger partial charge on any atom is -0.352 e. The molecule has 1 N–H and O–H groups in total. The van der Waals surface area contributed by atoms with E-state index >= 15 is 0 Å². The van der Waals surface area contributed by atoms with Gasteiger partial charge in [-0.15, -0.1) is 0 Å². The predicted molar refractivity (Wildman–Crippen MR) is 159 cm³/mol. The van der Waals surface area contributed by atoms with E-state index in [0.717, 1.165) is 36.8 Å². The van der Waals surface area contributed by atoms with E-state index in [-0.39, 0.29) is 43.8 Å². The number of rotatable bonds is 11. The summed E-state index contributed by atoms with van der Waals surface area (Å²) in [5, 5.41) is 3.94. The highest BCUT2D eigenvalue weighted by Crippen LogP contribution is 2.28. The van der Waals surface area contributed by atoms with E-state index in [4.69, 9.17) is 23.2 Å². The van der Waals surface area contributed by atoms with Crippen molar-refractivity contribution in [3.05, 3.63) is 63.1 Å². The second-order valence-corrected chi connectivity index (χ2v) is 13.2. The van der Waals surface area contributed by atoms with Crippen LogP contribution >= 0.6 is 23.2 Å². The number of aryl methyl sites for hydroxylation is 2. The van der Waals surface area contributed by atoms with Gasteiger partial charge in [-0.3, -0.25) is 13.9 Å². The number of carbonyl (C=O) groups excluding carboxylic acids is 2. The molecule has 0 aliphatic heterocycles. The van der Waals surface area contributed by atoms with Crippen molar-refractivity contribution in [2.75, 3.05) is 17.1 Å². The van der Waals surface area contributed by atoms with Crippen LogP contribution in [0.2, 0.25) is 10.0 Å². The molecule has 1 aliphatic rings. The molecule has 2 aromatic carbocycles. The lowest BCUT2D eigenvalue weighted by Crippen LogP contribution is -2.50. The summed E-state index contributed by atoms with van der Waals surface area (Å²) in [7, 11) is -3.57. The monoisotopic (exact) mass is 595 g/mol. The molecule has 0 saturated heterocycles. The van der Waals surface area contributed by atoms with Crippen LogP contribution in [0.25, 0.3) is 0 Å². The third-order valence-electron chi connectivity index (χ3n) is 7.29. The molecule has 0 heterocycles. The fraction of sp³-hybridized carbons (Fsp3) is 0.517. The molecule has 214 valence electrons. The highest BCUT2D eigenvalue weighted by atomic mass is 35.5. The molecule has 3 rings (SSSR count). The summed E-state index contributed by atoms with van der Waals surface area (Å²) in [6.45, 7) is 5.69. The van der Waals surface area contributed by atoms with Crippen LogP contribution in [0.4, 0.5) is 5.69 Å². The van der Waals surface area contributed by atoms with Crippen molar-refractivity contribution in [2.45, 2.75) is 84.3 Å². The number of nitrogens with one attached hydrogen (secondary N) is 1. The van der Waals surface area contributed by atoms with Crippen LogP contribution in [0.3, 0.4) is 0 Å². The number of anilines is 1. The summed E-state index contributed by atoms with van der Waals surface area (Å²) in [5.41, 5.74) is 2.95. The Labute approximate surface area is 242 Å². The van der Waals surface area contributed by atoms with E-state index in [1.807, 2.05) is 32.0 Å². The lowest BCUT2D eigenvalue weighted by atomic mass is 9.95. The lowest BCUT2D eigenvalue weighted by molar-refractivity contribution is -0.141. The van der Waals surface area contributed by atoms with Gasteiger partial charge in [0, 0.05) is 41.2 Å². The van der Waals surface area contributed by atoms with Crippen LogP contribution in [0.5, 0.6) is 0 Å². The number of nitrogens with zero attached hydrogens (tertiary/aromatic N) is 2. The van der Waals surface area contributed by atoms with Crippen LogP contribution in [-0.4, -0.2) is 50.0 Å². The van der Waals surface area contributed by atoms with Gasteiger partial charge in [0.2, 0.25) is 21.8 Å². The summed E-state index contributed by atoms with van der Waals surface area (Å²) in [6, 6.07) is 10.1. The van der Waals surface area contributed by atoms with Crippen molar-refractivity contribution < 1.29 is 18.0 Å². The van der Waals surface area contributed by atoms with Gasteiger partial charge in [-0.1, -0.05) is 60.7 Å². The minimum absolute atomic E-state index is 0.0556. The molecule has 1 aliphatic carbocycles. The largest absolute Gasteiger partial charge is 0.352 e. The molecule has 0 spiro atoms. The van der Waals surface area contributed by atoms with Gasteiger partial charge in [-0.25, -0.2) is 8.42 Å². The Morgan fingerprint density at radius 2 is 1.69 bits per heavy atom. The molecule has 39 heavy (non-hydrogen) atoms. The Kier molecular flexibility index (Phi) is 11.1. The first-order chi connectivity index (χ1) is 18.4. The van der Waals surface area contributed by atoms with Crippen molar-refractivity contribution in [3.8, 4) is 0 Å². The zero-order chi connectivity index (χ0) is 28.7. The Balaban J connectivity index is 1.78. The standard InChI is InChI=1S/C29H39Cl2N3O4S/c1-20-15-16-21(2)27(18-20)34(39(4,37)38)17-9-14-28(35)33(19-24-25(30)12-8-13-26(24)31)22(3)29(36)32-23-10-6-5-7-11-23/h8,12-13,15-16,18,22-23H,5-7,9-11,14,17,19H2,1-4H3,(H,32,36). The molecular weight excluding hydrogens is 557 g/mol. The molecular formula is C29H39Cl2N3O4S. The van der Waals surface area contributed by atoms with Crippen molar-refractivity contribution in [1.29, 1.82) is 0 Å². The van der Waals surface area contributed by atoms with Gasteiger partial charge in [0.15, 0.2) is 0 Å². The van der Waals surface area contributed by atoms with Gasteiger partial charge in [-0.05, 0) is 69.4 Å². The van der Waals surface area contributed by atoms with Crippen LogP contribution < -0.4 is 9.62 Å². The Morgan fingerprint density at radius 1 is 1.05 bits per heavy atom. The van der Waals surface area contributed by atoms with Crippen molar-refractivity contribution in [1.82, 2.24) is 10.2 Å². The van der Waals surface area contributed by atoms with E-state index in [1.54, 1.807) is 25.1 Å². The average Bonchev–Trinajstić information content (AvgIpc) is 2.87. The second kappa shape index (κ2) is 13.9. The normalized spacial score (nSPS) is 15.0. The molecule has 10 heteroatoms. The maximum Gasteiger partial charge on any atom is 0.242 e. The highest BCUT2D eigenvalue weighted by Gasteiger charge is 2.29. The van der Waals surface area contributed by atoms with Crippen molar-refractivity contribution in [2.24, 2.45) is 0 Å². The highest BCUT2D eigenvalue weighted by molar-refractivity contribution is 7.92. The fourth-order valence-electron chi connectivity index (χ4n) is 4.98. The summed E-state index contributed by atoms with van der Waals surface area (Å²) < 4.78 is 26.7. The van der Waals surface area contributed by atoms with E-state index < -0.39 is 16.1 Å². The number of sulfonamides is 1. The molecule has 1 unspecified atom stereocenters. The third kappa shape index (κ3) is 8.60. The molecule has 1 atom stereocenters. The SMILES string of the molecule is Cc1ccc(C)c(N(CCCC(=O)N(Cc2c(Cl)cccc2Cl)C(C)C(=O)NC2CCCCC2)S(C)(=O)=O)c1. The number of halogens is 2. The molecule has 0 bridgehead atoms. The van der Waals surface area contributed by atoms with Crippen LogP contribution in [0.1, 0.15) is 68.6 Å². The summed E-state index contributed by atoms with van der Waals surface area (Å²) in [5.74, 6) is -0.488. The molecule has 1 saturated carbocycles. The number of benzene rings is 2. The van der Waals surface area contributed by atoms with Gasteiger partial charge in [0.05, 0.1) is 11.9 Å². The minimum atomic E-state index is -3.57. The van der Waals surface area contributed by atoms with Gasteiger partial charge in [-0.2, -0.15) is 0 Å². The Hall–Kier alpha value is -2.29. The maximum absolute atomic E-state index is 13.6. The first kappa shape index (κ1) is 31.2. The predicted octanol–water partition coefficient (Wildman–Crippen LogP) is 6.02. The van der Waals surface area contributed by atoms with Crippen molar-refractivity contribution >= 4 is 50.7 Å². The third-order valence-corrected chi connectivity index (χ3v) is 9.18. The fourth-order valence-corrected chi connectivity index (χ4v) is 6.51. The van der Waals surface area contributed by atoms with E-state index in [9.17, 15) is 18.0 Å². The Bertz CT molecular complexity index is 1260. The first-order valence-corrected chi connectivity index (χ1v) is 16.1. The number of amides is 2. The molecule has 1 fully saturated rings. The van der Waals surface area contributed by atoms with Gasteiger partial charge >= 0.3 is 0 Å².